The maximum absolute atomic E-state index is 12.1. The molecule has 1 aliphatic rings. The minimum Gasteiger partial charge on any atom is -0.352 e. The van der Waals surface area contributed by atoms with E-state index in [4.69, 9.17) is 5.73 Å². The Kier molecular flexibility index (Phi) is 5.00. The lowest BCUT2D eigenvalue weighted by Gasteiger charge is -2.25. The Morgan fingerprint density at radius 3 is 2.70 bits per heavy atom. The number of hydrogen-bond donors (Lipinski definition) is 4. The third kappa shape index (κ3) is 3.74. The Hall–Kier alpha value is -2.02. The summed E-state index contributed by atoms with van der Waals surface area (Å²) in [6.07, 6.45) is 4.00. The number of nitrogens with zero attached hydrogens (tertiary/aromatic N) is 1. The second-order valence-electron chi connectivity index (χ2n) is 4.83. The normalized spacial score (nSPS) is 15.8. The van der Waals surface area contributed by atoms with Crippen LogP contribution in [0, 0.1) is 0 Å². The molecule has 0 unspecified atom stereocenters. The van der Waals surface area contributed by atoms with Crippen LogP contribution in [0.2, 0.25) is 0 Å². The summed E-state index contributed by atoms with van der Waals surface area (Å²) in [6.45, 7) is 2.65. The van der Waals surface area contributed by atoms with Gasteiger partial charge < -0.3 is 26.3 Å². The molecule has 3 amide bonds. The molecule has 1 saturated heterocycles. The summed E-state index contributed by atoms with van der Waals surface area (Å²) in [7, 11) is 0. The standard InChI is InChI=1S/C13H21N5O2/c14-13(20)17-8-7-16-12(19)11-2-1-9-18(11)10-3-5-15-6-4-10/h1-2,9-10,15H,3-8H2,(H,16,19)(H3,14,17,20). The summed E-state index contributed by atoms with van der Waals surface area (Å²) in [5.74, 6) is -0.125. The first kappa shape index (κ1) is 14.4. The van der Waals surface area contributed by atoms with Crippen LogP contribution in [-0.4, -0.2) is 42.7 Å². The van der Waals surface area contributed by atoms with Crippen molar-refractivity contribution in [1.29, 1.82) is 0 Å². The zero-order chi connectivity index (χ0) is 14.4. The van der Waals surface area contributed by atoms with E-state index >= 15 is 0 Å². The lowest BCUT2D eigenvalue weighted by molar-refractivity contribution is 0.0941. The number of carbonyl (C=O) groups is 2. The van der Waals surface area contributed by atoms with Crippen molar-refractivity contribution in [2.75, 3.05) is 26.2 Å². The molecule has 2 heterocycles. The number of hydrogen-bond acceptors (Lipinski definition) is 3. The lowest BCUT2D eigenvalue weighted by Crippen LogP contribution is -2.38. The molecule has 1 aromatic heterocycles. The van der Waals surface area contributed by atoms with Crippen LogP contribution in [0.1, 0.15) is 29.4 Å². The lowest BCUT2D eigenvalue weighted by atomic mass is 10.1. The van der Waals surface area contributed by atoms with E-state index in [0.29, 0.717) is 24.8 Å². The van der Waals surface area contributed by atoms with Crippen molar-refractivity contribution in [3.05, 3.63) is 24.0 Å². The van der Waals surface area contributed by atoms with Gasteiger partial charge in [-0.05, 0) is 38.1 Å². The molecule has 20 heavy (non-hydrogen) atoms. The van der Waals surface area contributed by atoms with Crippen molar-refractivity contribution in [3.8, 4) is 0 Å². The van der Waals surface area contributed by atoms with Crippen LogP contribution in [0.25, 0.3) is 0 Å². The Morgan fingerprint density at radius 1 is 1.30 bits per heavy atom. The maximum atomic E-state index is 12.1. The van der Waals surface area contributed by atoms with Gasteiger partial charge in [-0.3, -0.25) is 4.79 Å². The minimum atomic E-state index is -0.586. The van der Waals surface area contributed by atoms with Crippen LogP contribution in [0.15, 0.2) is 18.3 Å². The van der Waals surface area contributed by atoms with E-state index in [0.717, 1.165) is 25.9 Å². The molecular weight excluding hydrogens is 258 g/mol. The van der Waals surface area contributed by atoms with E-state index in [1.165, 1.54) is 0 Å². The SMILES string of the molecule is NC(=O)NCCNC(=O)c1cccn1C1CCNCC1. The van der Waals surface area contributed by atoms with Crippen LogP contribution in [0.4, 0.5) is 4.79 Å². The third-order valence-corrected chi connectivity index (χ3v) is 3.42. The fourth-order valence-electron chi connectivity index (χ4n) is 2.44. The van der Waals surface area contributed by atoms with Gasteiger partial charge in [-0.25, -0.2) is 4.79 Å². The van der Waals surface area contributed by atoms with E-state index in [1.54, 1.807) is 0 Å². The Morgan fingerprint density at radius 2 is 2.00 bits per heavy atom. The zero-order valence-corrected chi connectivity index (χ0v) is 11.4. The summed E-state index contributed by atoms with van der Waals surface area (Å²) in [6, 6.07) is 3.49. The fourth-order valence-corrected chi connectivity index (χ4v) is 2.44. The summed E-state index contributed by atoms with van der Waals surface area (Å²) in [5, 5.41) is 8.52. The highest BCUT2D eigenvalue weighted by Gasteiger charge is 2.19. The van der Waals surface area contributed by atoms with Gasteiger partial charge in [0.1, 0.15) is 5.69 Å². The molecule has 0 saturated carbocycles. The van der Waals surface area contributed by atoms with Gasteiger partial charge in [0, 0.05) is 25.3 Å². The van der Waals surface area contributed by atoms with E-state index in [1.807, 2.05) is 22.9 Å². The first-order valence-corrected chi connectivity index (χ1v) is 6.87. The van der Waals surface area contributed by atoms with Gasteiger partial charge in [-0.15, -0.1) is 0 Å². The first-order chi connectivity index (χ1) is 9.68. The summed E-state index contributed by atoms with van der Waals surface area (Å²) in [5.41, 5.74) is 5.62. The van der Waals surface area contributed by atoms with Crippen LogP contribution in [0.5, 0.6) is 0 Å². The number of rotatable bonds is 5. The highest BCUT2D eigenvalue weighted by Crippen LogP contribution is 2.21. The second kappa shape index (κ2) is 6.95. The summed E-state index contributed by atoms with van der Waals surface area (Å²) in [4.78, 5) is 22.6. The van der Waals surface area contributed by atoms with Crippen molar-refractivity contribution in [2.24, 2.45) is 5.73 Å². The van der Waals surface area contributed by atoms with E-state index in [-0.39, 0.29) is 5.91 Å². The van der Waals surface area contributed by atoms with Crippen LogP contribution in [-0.2, 0) is 0 Å². The number of primary amides is 1. The predicted octanol–water partition coefficient (Wildman–Crippen LogP) is -0.189. The van der Waals surface area contributed by atoms with Crippen molar-refractivity contribution in [1.82, 2.24) is 20.5 Å². The summed E-state index contributed by atoms with van der Waals surface area (Å²) < 4.78 is 2.04. The van der Waals surface area contributed by atoms with Gasteiger partial charge >= 0.3 is 6.03 Å². The number of nitrogens with two attached hydrogens (primary N) is 1. The minimum absolute atomic E-state index is 0.125. The molecule has 2 rings (SSSR count). The average molecular weight is 279 g/mol. The number of amides is 3. The topological polar surface area (TPSA) is 101 Å². The summed E-state index contributed by atoms with van der Waals surface area (Å²) >= 11 is 0. The molecule has 7 heteroatoms. The number of carbonyl (C=O) groups excluding carboxylic acids is 2. The van der Waals surface area contributed by atoms with E-state index in [9.17, 15) is 9.59 Å². The Balaban J connectivity index is 1.89. The fraction of sp³-hybridized carbons (Fsp3) is 0.538. The van der Waals surface area contributed by atoms with E-state index in [2.05, 4.69) is 16.0 Å². The highest BCUT2D eigenvalue weighted by molar-refractivity contribution is 5.92. The molecular formula is C13H21N5O2. The van der Waals surface area contributed by atoms with Crippen LogP contribution < -0.4 is 21.7 Å². The van der Waals surface area contributed by atoms with Crippen molar-refractivity contribution >= 4 is 11.9 Å². The number of nitrogens with one attached hydrogen (secondary N) is 3. The second-order valence-corrected chi connectivity index (χ2v) is 4.83. The molecule has 0 aromatic carbocycles. The molecule has 7 nitrogen and oxygen atoms in total. The molecule has 0 radical (unpaired) electrons. The zero-order valence-electron chi connectivity index (χ0n) is 11.4. The molecule has 0 atom stereocenters. The number of aromatic nitrogens is 1. The predicted molar refractivity (Wildman–Crippen MR) is 75.5 cm³/mol. The van der Waals surface area contributed by atoms with Gasteiger partial charge in [0.15, 0.2) is 0 Å². The van der Waals surface area contributed by atoms with Gasteiger partial charge in [0.05, 0.1) is 0 Å². The van der Waals surface area contributed by atoms with Gasteiger partial charge in [0.2, 0.25) is 0 Å². The smallest absolute Gasteiger partial charge is 0.312 e. The number of urea groups is 1. The Bertz CT molecular complexity index is 465. The van der Waals surface area contributed by atoms with E-state index < -0.39 is 6.03 Å². The van der Waals surface area contributed by atoms with Crippen molar-refractivity contribution < 1.29 is 9.59 Å². The molecule has 1 aliphatic heterocycles. The van der Waals surface area contributed by atoms with Gasteiger partial charge in [0.25, 0.3) is 5.91 Å². The quantitative estimate of drug-likeness (QED) is 0.562. The average Bonchev–Trinajstić information content (AvgIpc) is 2.93. The molecule has 5 N–H and O–H groups in total. The van der Waals surface area contributed by atoms with Crippen LogP contribution in [0.3, 0.4) is 0 Å². The van der Waals surface area contributed by atoms with Crippen molar-refractivity contribution in [3.63, 3.8) is 0 Å². The molecule has 1 fully saturated rings. The maximum Gasteiger partial charge on any atom is 0.312 e. The molecule has 0 spiro atoms. The molecule has 110 valence electrons. The highest BCUT2D eigenvalue weighted by atomic mass is 16.2. The Labute approximate surface area is 117 Å². The first-order valence-electron chi connectivity index (χ1n) is 6.87. The largest absolute Gasteiger partial charge is 0.352 e. The van der Waals surface area contributed by atoms with Crippen molar-refractivity contribution in [2.45, 2.75) is 18.9 Å². The monoisotopic (exact) mass is 279 g/mol. The van der Waals surface area contributed by atoms with Gasteiger partial charge in [-0.2, -0.15) is 0 Å². The van der Waals surface area contributed by atoms with Gasteiger partial charge in [-0.1, -0.05) is 0 Å². The van der Waals surface area contributed by atoms with Crippen LogP contribution >= 0.6 is 0 Å². The molecule has 0 aliphatic carbocycles. The third-order valence-electron chi connectivity index (χ3n) is 3.42. The number of piperidine rings is 1. The molecule has 1 aromatic rings. The molecule has 0 bridgehead atoms.